The minimum atomic E-state index is -3.44. The number of amides is 1. The Hall–Kier alpha value is -1.42. The van der Waals surface area contributed by atoms with Crippen LogP contribution in [0, 0.1) is 13.8 Å². The number of piperazine rings is 2. The predicted molar refractivity (Wildman–Crippen MR) is 108 cm³/mol. The summed E-state index contributed by atoms with van der Waals surface area (Å²) >= 11 is 0. The minimum Gasteiger partial charge on any atom is -0.345 e. The van der Waals surface area contributed by atoms with E-state index in [9.17, 15) is 13.2 Å². The summed E-state index contributed by atoms with van der Waals surface area (Å²) in [5.41, 5.74) is 2.94. The van der Waals surface area contributed by atoms with Gasteiger partial charge in [0.25, 0.3) is 16.1 Å². The Kier molecular flexibility index (Phi) is 5.28. The van der Waals surface area contributed by atoms with Crippen LogP contribution in [0.3, 0.4) is 0 Å². The van der Waals surface area contributed by atoms with Crippen LogP contribution in [0.5, 0.6) is 0 Å². The maximum absolute atomic E-state index is 13.1. The second kappa shape index (κ2) is 7.44. The van der Waals surface area contributed by atoms with E-state index in [1.54, 1.807) is 9.21 Å². The fourth-order valence-corrected chi connectivity index (χ4v) is 5.94. The lowest BCUT2D eigenvalue weighted by atomic mass is 10.2. The number of rotatable bonds is 4. The molecule has 1 saturated carbocycles. The van der Waals surface area contributed by atoms with Gasteiger partial charge in [-0.25, -0.2) is 0 Å². The van der Waals surface area contributed by atoms with Gasteiger partial charge in [0.05, 0.1) is 5.56 Å². The van der Waals surface area contributed by atoms with Gasteiger partial charge in [-0.15, -0.1) is 0 Å². The Labute approximate surface area is 167 Å². The van der Waals surface area contributed by atoms with Gasteiger partial charge in [-0.05, 0) is 39.8 Å². The number of aryl methyl sites for hydroxylation is 1. The second-order valence-corrected chi connectivity index (χ2v) is 10.2. The lowest BCUT2D eigenvalue weighted by Gasteiger charge is -2.39. The van der Waals surface area contributed by atoms with Gasteiger partial charge in [-0.1, -0.05) is 0 Å². The van der Waals surface area contributed by atoms with Crippen molar-refractivity contribution in [2.45, 2.75) is 32.7 Å². The molecule has 0 N–H and O–H groups in total. The van der Waals surface area contributed by atoms with E-state index < -0.39 is 10.2 Å². The molecule has 0 unspecified atom stereocenters. The average molecular weight is 410 g/mol. The average Bonchev–Trinajstić information content (AvgIpc) is 3.46. The van der Waals surface area contributed by atoms with E-state index in [2.05, 4.69) is 16.4 Å². The highest BCUT2D eigenvalue weighted by Crippen LogP contribution is 2.38. The Morgan fingerprint density at radius 2 is 1.46 bits per heavy atom. The molecule has 1 aliphatic carbocycles. The molecule has 0 aromatic carbocycles. The molecular weight excluding hydrogens is 378 g/mol. The number of carbonyl (C=O) groups is 1. The molecule has 0 bridgehead atoms. The number of nitrogens with zero attached hydrogens (tertiary/aromatic N) is 5. The van der Waals surface area contributed by atoms with E-state index in [1.807, 2.05) is 20.0 Å². The second-order valence-electron chi connectivity index (χ2n) is 8.29. The number of hydrogen-bond donors (Lipinski definition) is 0. The van der Waals surface area contributed by atoms with Crippen molar-refractivity contribution < 1.29 is 13.2 Å². The van der Waals surface area contributed by atoms with Crippen LogP contribution in [-0.2, 0) is 10.2 Å². The summed E-state index contributed by atoms with van der Waals surface area (Å²) in [6.07, 6.45) is 2.37. The van der Waals surface area contributed by atoms with Crippen molar-refractivity contribution >= 4 is 16.1 Å². The molecule has 0 spiro atoms. The van der Waals surface area contributed by atoms with E-state index >= 15 is 0 Å². The number of aromatic nitrogens is 1. The van der Waals surface area contributed by atoms with Gasteiger partial charge in [0.2, 0.25) is 0 Å². The van der Waals surface area contributed by atoms with Gasteiger partial charge in [0.1, 0.15) is 0 Å². The van der Waals surface area contributed by atoms with Crippen LogP contribution < -0.4 is 0 Å². The Morgan fingerprint density at radius 1 is 0.929 bits per heavy atom. The van der Waals surface area contributed by atoms with E-state index in [0.717, 1.165) is 30.0 Å². The molecular formula is C19H31N5O3S. The summed E-state index contributed by atoms with van der Waals surface area (Å²) in [6.45, 7) is 8.27. The SMILES string of the molecule is Cc1cc(C(=O)N2CCN(S(=O)(=O)N3CCN(C)CC3)CC2)c(C)n1C1CC1. The molecule has 1 aromatic heterocycles. The molecule has 1 amide bonds. The zero-order chi connectivity index (χ0) is 20.1. The van der Waals surface area contributed by atoms with Crippen LogP contribution in [0.2, 0.25) is 0 Å². The topological polar surface area (TPSA) is 69.1 Å². The molecule has 2 saturated heterocycles. The van der Waals surface area contributed by atoms with Crippen LogP contribution in [0.25, 0.3) is 0 Å². The van der Waals surface area contributed by atoms with Crippen molar-refractivity contribution in [2.75, 3.05) is 59.4 Å². The van der Waals surface area contributed by atoms with E-state index in [4.69, 9.17) is 0 Å². The number of hydrogen-bond acceptors (Lipinski definition) is 4. The Balaban J connectivity index is 1.40. The lowest BCUT2D eigenvalue weighted by molar-refractivity contribution is 0.0691. The van der Waals surface area contributed by atoms with Crippen LogP contribution in [0.15, 0.2) is 6.07 Å². The molecule has 3 fully saturated rings. The van der Waals surface area contributed by atoms with Crippen LogP contribution in [0.4, 0.5) is 0 Å². The number of carbonyl (C=O) groups excluding carboxylic acids is 1. The summed E-state index contributed by atoms with van der Waals surface area (Å²) in [6, 6.07) is 2.54. The Bertz CT molecular complexity index is 845. The first-order chi connectivity index (χ1) is 13.3. The summed E-state index contributed by atoms with van der Waals surface area (Å²) in [7, 11) is -1.43. The van der Waals surface area contributed by atoms with E-state index in [0.29, 0.717) is 45.3 Å². The lowest BCUT2D eigenvalue weighted by Crippen LogP contribution is -2.57. The van der Waals surface area contributed by atoms with Gasteiger partial charge in [-0.3, -0.25) is 4.79 Å². The van der Waals surface area contributed by atoms with E-state index in [-0.39, 0.29) is 5.91 Å². The quantitative estimate of drug-likeness (QED) is 0.734. The summed E-state index contributed by atoms with van der Waals surface area (Å²) in [4.78, 5) is 17.0. The standard InChI is InChI=1S/C19H31N5O3S/c1-15-14-18(16(2)24(15)17-4-5-17)19(25)21-8-12-23(13-9-21)28(26,27)22-10-6-20(3)7-11-22/h14,17H,4-13H2,1-3H3. The van der Waals surface area contributed by atoms with Gasteiger partial charge in [0, 0.05) is 69.8 Å². The summed E-state index contributed by atoms with van der Waals surface area (Å²) in [5, 5.41) is 0. The smallest absolute Gasteiger partial charge is 0.282 e. The van der Waals surface area contributed by atoms with Gasteiger partial charge in [0.15, 0.2) is 0 Å². The monoisotopic (exact) mass is 409 g/mol. The molecule has 28 heavy (non-hydrogen) atoms. The van der Waals surface area contributed by atoms with Gasteiger partial charge >= 0.3 is 0 Å². The van der Waals surface area contributed by atoms with Gasteiger partial charge < -0.3 is 14.4 Å². The third-order valence-electron chi connectivity index (χ3n) is 6.27. The molecule has 8 nitrogen and oxygen atoms in total. The highest BCUT2D eigenvalue weighted by atomic mass is 32.2. The van der Waals surface area contributed by atoms with Crippen LogP contribution in [0.1, 0.15) is 40.6 Å². The first kappa shape index (κ1) is 19.9. The highest BCUT2D eigenvalue weighted by Gasteiger charge is 2.36. The minimum absolute atomic E-state index is 0.0247. The molecule has 4 rings (SSSR count). The van der Waals surface area contributed by atoms with Crippen LogP contribution >= 0.6 is 0 Å². The normalized spacial score (nSPS) is 23.3. The zero-order valence-corrected chi connectivity index (χ0v) is 17.9. The molecule has 0 radical (unpaired) electrons. The fraction of sp³-hybridized carbons (Fsp3) is 0.737. The molecule has 3 heterocycles. The first-order valence-electron chi connectivity index (χ1n) is 10.2. The fourth-order valence-electron chi connectivity index (χ4n) is 4.36. The van der Waals surface area contributed by atoms with Crippen molar-refractivity contribution in [1.82, 2.24) is 23.0 Å². The maximum atomic E-state index is 13.1. The van der Waals surface area contributed by atoms with E-state index in [1.165, 1.54) is 17.1 Å². The largest absolute Gasteiger partial charge is 0.345 e. The first-order valence-corrected chi connectivity index (χ1v) is 11.6. The number of likely N-dealkylation sites (N-methyl/N-ethyl adjacent to an activating group) is 1. The van der Waals surface area contributed by atoms with Crippen molar-refractivity contribution in [3.05, 3.63) is 23.0 Å². The van der Waals surface area contributed by atoms with Gasteiger partial charge in [-0.2, -0.15) is 17.0 Å². The molecule has 3 aliphatic rings. The van der Waals surface area contributed by atoms with Crippen LogP contribution in [-0.4, -0.2) is 96.7 Å². The highest BCUT2D eigenvalue weighted by molar-refractivity contribution is 7.86. The Morgan fingerprint density at radius 3 is 2.00 bits per heavy atom. The molecule has 2 aliphatic heterocycles. The van der Waals surface area contributed by atoms with Crippen molar-refractivity contribution in [3.63, 3.8) is 0 Å². The zero-order valence-electron chi connectivity index (χ0n) is 17.1. The summed E-state index contributed by atoms with van der Waals surface area (Å²) < 4.78 is 31.2. The van der Waals surface area contributed by atoms with Crippen molar-refractivity contribution in [2.24, 2.45) is 0 Å². The predicted octanol–water partition coefficient (Wildman–Crippen LogP) is 0.690. The maximum Gasteiger partial charge on any atom is 0.282 e. The molecule has 156 valence electrons. The summed E-state index contributed by atoms with van der Waals surface area (Å²) in [5.74, 6) is 0.0247. The third kappa shape index (κ3) is 3.60. The third-order valence-corrected chi connectivity index (χ3v) is 8.30. The van der Waals surface area contributed by atoms with Crippen molar-refractivity contribution in [1.29, 1.82) is 0 Å². The molecule has 0 atom stereocenters. The van der Waals surface area contributed by atoms with Crippen molar-refractivity contribution in [3.8, 4) is 0 Å². The molecule has 1 aromatic rings. The molecule has 9 heteroatoms.